The lowest BCUT2D eigenvalue weighted by molar-refractivity contribution is -0.140. The molecule has 0 fully saturated rings. The topological polar surface area (TPSA) is 58.6 Å². The average Bonchev–Trinajstić information content (AvgIpc) is 2.27. The molecule has 1 aromatic carbocycles. The number of para-hydroxylation sites is 2. The molecule has 0 spiro atoms. The molecule has 0 aromatic heterocycles. The van der Waals surface area contributed by atoms with Crippen LogP contribution >= 0.6 is 0 Å². The first-order valence-corrected chi connectivity index (χ1v) is 5.33. The van der Waals surface area contributed by atoms with E-state index in [4.69, 9.17) is 9.84 Å². The van der Waals surface area contributed by atoms with E-state index in [2.05, 4.69) is 5.32 Å². The highest BCUT2D eigenvalue weighted by Gasteiger charge is 2.11. The Bertz CT molecular complexity index is 352. The second-order valence-electron chi connectivity index (χ2n) is 3.55. The van der Waals surface area contributed by atoms with Crippen LogP contribution in [0.2, 0.25) is 0 Å². The molecule has 0 saturated heterocycles. The zero-order valence-electron chi connectivity index (χ0n) is 9.56. The van der Waals surface area contributed by atoms with E-state index in [-0.39, 0.29) is 0 Å². The van der Waals surface area contributed by atoms with Crippen molar-refractivity contribution in [3.63, 3.8) is 0 Å². The molecule has 0 aliphatic rings. The quantitative estimate of drug-likeness (QED) is 0.776. The molecule has 1 atom stereocenters. The molecule has 1 rings (SSSR count). The fourth-order valence-corrected chi connectivity index (χ4v) is 1.24. The molecule has 0 radical (unpaired) electrons. The maximum absolute atomic E-state index is 10.7. The summed E-state index contributed by atoms with van der Waals surface area (Å²) in [6.45, 7) is 4.56. The largest absolute Gasteiger partial charge is 0.492 e. The lowest BCUT2D eigenvalue weighted by Gasteiger charge is -2.13. The third kappa shape index (κ3) is 3.46. The maximum atomic E-state index is 10.7. The van der Waals surface area contributed by atoms with E-state index >= 15 is 0 Å². The van der Waals surface area contributed by atoms with E-state index in [1.165, 1.54) is 0 Å². The van der Waals surface area contributed by atoms with Gasteiger partial charge in [-0.25, -0.2) is 0 Å². The van der Waals surface area contributed by atoms with Gasteiger partial charge in [0.2, 0.25) is 0 Å². The van der Waals surface area contributed by atoms with Crippen LogP contribution in [0.4, 0.5) is 5.69 Å². The number of hydrogen-bond acceptors (Lipinski definition) is 3. The molecule has 4 heteroatoms. The van der Waals surface area contributed by atoms with Crippen molar-refractivity contribution in [3.8, 4) is 5.75 Å². The Labute approximate surface area is 95.2 Å². The number of aliphatic carboxylic acids is 1. The van der Waals surface area contributed by atoms with E-state index in [9.17, 15) is 4.79 Å². The first-order chi connectivity index (χ1) is 7.65. The predicted molar refractivity (Wildman–Crippen MR) is 62.9 cm³/mol. The van der Waals surface area contributed by atoms with Crippen LogP contribution in [0, 0.1) is 5.92 Å². The Balaban J connectivity index is 2.62. The van der Waals surface area contributed by atoms with Gasteiger partial charge in [-0.1, -0.05) is 19.1 Å². The molecule has 1 aromatic rings. The Hall–Kier alpha value is -1.71. The van der Waals surface area contributed by atoms with Gasteiger partial charge in [0.15, 0.2) is 0 Å². The zero-order chi connectivity index (χ0) is 12.0. The molecule has 0 aliphatic heterocycles. The van der Waals surface area contributed by atoms with Gasteiger partial charge in [0.1, 0.15) is 5.75 Å². The molecule has 0 amide bonds. The van der Waals surface area contributed by atoms with Crippen molar-refractivity contribution in [2.75, 3.05) is 18.5 Å². The molecule has 4 nitrogen and oxygen atoms in total. The molecule has 0 heterocycles. The summed E-state index contributed by atoms with van der Waals surface area (Å²) in [5, 5.41) is 11.8. The van der Waals surface area contributed by atoms with Crippen molar-refractivity contribution in [2.45, 2.75) is 13.8 Å². The Kier molecular flexibility index (Phi) is 4.64. The van der Waals surface area contributed by atoms with Crippen molar-refractivity contribution in [1.29, 1.82) is 0 Å². The van der Waals surface area contributed by atoms with Gasteiger partial charge in [0, 0.05) is 6.54 Å². The van der Waals surface area contributed by atoms with Gasteiger partial charge in [0.05, 0.1) is 18.2 Å². The summed E-state index contributed by atoms with van der Waals surface area (Å²) in [5.41, 5.74) is 0.831. The molecular weight excluding hydrogens is 206 g/mol. The van der Waals surface area contributed by atoms with Gasteiger partial charge in [0.25, 0.3) is 0 Å². The highest BCUT2D eigenvalue weighted by Crippen LogP contribution is 2.23. The lowest BCUT2D eigenvalue weighted by Crippen LogP contribution is -2.19. The van der Waals surface area contributed by atoms with E-state index in [0.29, 0.717) is 13.2 Å². The summed E-state index contributed by atoms with van der Waals surface area (Å²) in [6.07, 6.45) is 0. The molecular formula is C12H17NO3. The van der Waals surface area contributed by atoms with Gasteiger partial charge < -0.3 is 15.2 Å². The maximum Gasteiger partial charge on any atom is 0.308 e. The van der Waals surface area contributed by atoms with Crippen molar-refractivity contribution in [2.24, 2.45) is 5.92 Å². The molecule has 1 unspecified atom stereocenters. The molecule has 16 heavy (non-hydrogen) atoms. The number of hydrogen-bond donors (Lipinski definition) is 2. The van der Waals surface area contributed by atoms with Crippen LogP contribution in [0.5, 0.6) is 5.75 Å². The van der Waals surface area contributed by atoms with Crippen molar-refractivity contribution >= 4 is 11.7 Å². The van der Waals surface area contributed by atoms with E-state index in [1.807, 2.05) is 31.2 Å². The standard InChI is InChI=1S/C12H17NO3/c1-3-16-11-7-5-4-6-10(11)13-8-9(2)12(14)15/h4-7,9,13H,3,8H2,1-2H3,(H,14,15). The van der Waals surface area contributed by atoms with Crippen LogP contribution in [0.25, 0.3) is 0 Å². The third-order valence-corrected chi connectivity index (χ3v) is 2.21. The van der Waals surface area contributed by atoms with Gasteiger partial charge in [-0.05, 0) is 19.1 Å². The Morgan fingerprint density at radius 1 is 1.50 bits per heavy atom. The molecule has 0 saturated carbocycles. The number of nitrogens with one attached hydrogen (secondary N) is 1. The molecule has 0 bridgehead atoms. The summed E-state index contributed by atoms with van der Waals surface area (Å²) in [5.74, 6) is -0.473. The Morgan fingerprint density at radius 3 is 2.81 bits per heavy atom. The number of rotatable bonds is 6. The smallest absolute Gasteiger partial charge is 0.308 e. The van der Waals surface area contributed by atoms with Crippen LogP contribution in [-0.2, 0) is 4.79 Å². The van der Waals surface area contributed by atoms with Crippen LogP contribution in [0.15, 0.2) is 24.3 Å². The average molecular weight is 223 g/mol. The minimum absolute atomic E-state index is 0.388. The van der Waals surface area contributed by atoms with Gasteiger partial charge in [-0.2, -0.15) is 0 Å². The van der Waals surface area contributed by atoms with Gasteiger partial charge in [-0.3, -0.25) is 4.79 Å². The van der Waals surface area contributed by atoms with Crippen LogP contribution in [0.1, 0.15) is 13.8 Å². The highest BCUT2D eigenvalue weighted by atomic mass is 16.5. The van der Waals surface area contributed by atoms with Crippen molar-refractivity contribution in [3.05, 3.63) is 24.3 Å². The van der Waals surface area contributed by atoms with E-state index in [1.54, 1.807) is 6.92 Å². The first kappa shape index (κ1) is 12.4. The summed E-state index contributed by atoms with van der Waals surface area (Å²) in [4.78, 5) is 10.7. The van der Waals surface area contributed by atoms with Crippen molar-refractivity contribution in [1.82, 2.24) is 0 Å². The van der Waals surface area contributed by atoms with Crippen LogP contribution in [0.3, 0.4) is 0 Å². The summed E-state index contributed by atoms with van der Waals surface area (Å²) >= 11 is 0. The van der Waals surface area contributed by atoms with Crippen LogP contribution in [-0.4, -0.2) is 24.2 Å². The summed E-state index contributed by atoms with van der Waals surface area (Å²) < 4.78 is 5.42. The Morgan fingerprint density at radius 2 is 2.19 bits per heavy atom. The fraction of sp³-hybridized carbons (Fsp3) is 0.417. The number of carboxylic acids is 1. The SMILES string of the molecule is CCOc1ccccc1NCC(C)C(=O)O. The molecule has 2 N–H and O–H groups in total. The minimum atomic E-state index is -0.804. The number of anilines is 1. The predicted octanol–water partition coefficient (Wildman–Crippen LogP) is 2.22. The fourth-order valence-electron chi connectivity index (χ4n) is 1.24. The number of benzene rings is 1. The number of carbonyl (C=O) groups is 1. The van der Waals surface area contributed by atoms with Gasteiger partial charge in [-0.15, -0.1) is 0 Å². The minimum Gasteiger partial charge on any atom is -0.492 e. The van der Waals surface area contributed by atoms with Crippen LogP contribution < -0.4 is 10.1 Å². The zero-order valence-corrected chi connectivity index (χ0v) is 9.56. The first-order valence-electron chi connectivity index (χ1n) is 5.33. The molecule has 88 valence electrons. The second kappa shape index (κ2) is 6.00. The third-order valence-electron chi connectivity index (χ3n) is 2.21. The normalized spacial score (nSPS) is 11.9. The highest BCUT2D eigenvalue weighted by molar-refractivity contribution is 5.70. The summed E-state index contributed by atoms with van der Waals surface area (Å²) in [6, 6.07) is 7.50. The van der Waals surface area contributed by atoms with Gasteiger partial charge >= 0.3 is 5.97 Å². The lowest BCUT2D eigenvalue weighted by atomic mass is 10.2. The van der Waals surface area contributed by atoms with E-state index < -0.39 is 11.9 Å². The molecule has 0 aliphatic carbocycles. The van der Waals surface area contributed by atoms with E-state index in [0.717, 1.165) is 11.4 Å². The monoisotopic (exact) mass is 223 g/mol. The number of carboxylic acid groups (broad SMARTS) is 1. The number of ether oxygens (including phenoxy) is 1. The summed E-state index contributed by atoms with van der Waals surface area (Å²) in [7, 11) is 0. The second-order valence-corrected chi connectivity index (χ2v) is 3.55. The van der Waals surface area contributed by atoms with Crippen molar-refractivity contribution < 1.29 is 14.6 Å².